The quantitative estimate of drug-likeness (QED) is 0.357. The number of carbonyl (C=O) groups excluding carboxylic acids is 1. The zero-order valence-electron chi connectivity index (χ0n) is 19.7. The van der Waals surface area contributed by atoms with E-state index in [1.54, 1.807) is 37.3 Å². The van der Waals surface area contributed by atoms with Crippen molar-refractivity contribution in [2.24, 2.45) is 0 Å². The Morgan fingerprint density at radius 1 is 1.12 bits per heavy atom. The number of rotatable bonds is 11. The Morgan fingerprint density at radius 3 is 2.59 bits per heavy atom. The molecule has 1 aromatic heterocycles. The Morgan fingerprint density at radius 2 is 1.85 bits per heavy atom. The van der Waals surface area contributed by atoms with Crippen molar-refractivity contribution in [1.29, 1.82) is 0 Å². The summed E-state index contributed by atoms with van der Waals surface area (Å²) in [6.07, 6.45) is 1.35. The number of carbonyl (C=O) groups is 1. The number of fused-ring (bicyclic) bond motifs is 1. The zero-order valence-corrected chi connectivity index (χ0v) is 21.3. The van der Waals surface area contributed by atoms with E-state index in [-0.39, 0.29) is 5.91 Å². The Bertz CT molecular complexity index is 1070. The lowest BCUT2D eigenvalue weighted by atomic mass is 10.3. The number of ether oxygens (including phenoxy) is 3. The van der Waals surface area contributed by atoms with Crippen LogP contribution < -0.4 is 14.4 Å². The van der Waals surface area contributed by atoms with Gasteiger partial charge >= 0.3 is 0 Å². The van der Waals surface area contributed by atoms with Gasteiger partial charge < -0.3 is 14.2 Å². The molecule has 1 aliphatic rings. The second-order valence-electron chi connectivity index (χ2n) is 7.96. The molecule has 2 aromatic carbocycles. The molecular formula is C25H31N3O4S2. The fourth-order valence-corrected chi connectivity index (χ4v) is 5.68. The molecule has 182 valence electrons. The molecule has 1 saturated heterocycles. The van der Waals surface area contributed by atoms with Crippen molar-refractivity contribution in [2.45, 2.75) is 17.7 Å². The number of morpholine rings is 1. The average Bonchev–Trinajstić information content (AvgIpc) is 3.30. The van der Waals surface area contributed by atoms with Gasteiger partial charge in [-0.3, -0.25) is 14.6 Å². The summed E-state index contributed by atoms with van der Waals surface area (Å²) >= 11 is 3.22. The molecule has 4 rings (SSSR count). The summed E-state index contributed by atoms with van der Waals surface area (Å²) in [5, 5.41) is 0.754. The van der Waals surface area contributed by atoms with Crippen LogP contribution in [0.3, 0.4) is 0 Å². The first-order valence-electron chi connectivity index (χ1n) is 11.5. The molecule has 0 bridgehead atoms. The third-order valence-corrected chi connectivity index (χ3v) is 7.78. The van der Waals surface area contributed by atoms with E-state index in [1.165, 1.54) is 0 Å². The van der Waals surface area contributed by atoms with Gasteiger partial charge in [-0.05, 0) is 48.9 Å². The number of nitrogens with zero attached hydrogens (tertiary/aromatic N) is 3. The van der Waals surface area contributed by atoms with Crippen molar-refractivity contribution < 1.29 is 19.0 Å². The highest BCUT2D eigenvalue weighted by Crippen LogP contribution is 2.32. The van der Waals surface area contributed by atoms with Gasteiger partial charge in [0.2, 0.25) is 5.91 Å². The average molecular weight is 502 g/mol. The molecule has 1 fully saturated rings. The second kappa shape index (κ2) is 12.4. The van der Waals surface area contributed by atoms with E-state index < -0.39 is 0 Å². The zero-order chi connectivity index (χ0) is 23.8. The molecule has 9 heteroatoms. The monoisotopic (exact) mass is 501 g/mol. The van der Waals surface area contributed by atoms with Crippen LogP contribution in [0.4, 0.5) is 5.13 Å². The maximum absolute atomic E-state index is 13.3. The van der Waals surface area contributed by atoms with Crippen LogP contribution in [-0.4, -0.2) is 75.2 Å². The van der Waals surface area contributed by atoms with Crippen LogP contribution >= 0.6 is 23.1 Å². The topological polar surface area (TPSA) is 64.1 Å². The number of thioether (sulfide) groups is 1. The van der Waals surface area contributed by atoms with Crippen LogP contribution in [0.1, 0.15) is 12.8 Å². The van der Waals surface area contributed by atoms with Gasteiger partial charge in [-0.2, -0.15) is 0 Å². The molecule has 1 aliphatic heterocycles. The van der Waals surface area contributed by atoms with E-state index in [1.807, 2.05) is 47.4 Å². The molecule has 34 heavy (non-hydrogen) atoms. The molecule has 3 aromatic rings. The summed E-state index contributed by atoms with van der Waals surface area (Å²) < 4.78 is 17.0. The summed E-state index contributed by atoms with van der Waals surface area (Å²) in [6, 6.07) is 13.8. The normalized spacial score (nSPS) is 14.3. The number of methoxy groups -OCH3 is 2. The third kappa shape index (κ3) is 6.63. The molecule has 0 saturated carbocycles. The Balaban J connectivity index is 1.41. The predicted octanol–water partition coefficient (Wildman–Crippen LogP) is 4.55. The molecular weight excluding hydrogens is 470 g/mol. The molecule has 0 atom stereocenters. The molecule has 7 nitrogen and oxygen atoms in total. The van der Waals surface area contributed by atoms with Gasteiger partial charge in [-0.15, -0.1) is 11.8 Å². The van der Waals surface area contributed by atoms with Gasteiger partial charge in [-0.25, -0.2) is 4.98 Å². The van der Waals surface area contributed by atoms with E-state index in [0.29, 0.717) is 18.7 Å². The number of amides is 1. The highest BCUT2D eigenvalue weighted by atomic mass is 32.2. The lowest BCUT2D eigenvalue weighted by Crippen LogP contribution is -2.39. The number of benzene rings is 2. The fraction of sp³-hybridized carbons (Fsp3) is 0.440. The van der Waals surface area contributed by atoms with Crippen LogP contribution in [0.25, 0.3) is 10.2 Å². The van der Waals surface area contributed by atoms with Crippen molar-refractivity contribution >= 4 is 44.4 Å². The molecule has 1 amide bonds. The minimum Gasteiger partial charge on any atom is -0.497 e. The van der Waals surface area contributed by atoms with Crippen LogP contribution in [0.5, 0.6) is 11.5 Å². The minimum absolute atomic E-state index is 0.106. The van der Waals surface area contributed by atoms with Crippen molar-refractivity contribution in [3.05, 3.63) is 42.5 Å². The van der Waals surface area contributed by atoms with Crippen molar-refractivity contribution in [2.75, 3.05) is 64.3 Å². The van der Waals surface area contributed by atoms with Gasteiger partial charge in [0, 0.05) is 43.2 Å². The SMILES string of the molecule is COc1ccc(SCCC(=O)N(CCCN2CCOCC2)c2nc3ccc(OC)cc3s2)cc1. The van der Waals surface area contributed by atoms with E-state index in [2.05, 4.69) is 4.90 Å². The first-order chi connectivity index (χ1) is 16.7. The lowest BCUT2D eigenvalue weighted by Gasteiger charge is -2.27. The first-order valence-corrected chi connectivity index (χ1v) is 13.3. The van der Waals surface area contributed by atoms with Crippen molar-refractivity contribution in [1.82, 2.24) is 9.88 Å². The summed E-state index contributed by atoms with van der Waals surface area (Å²) in [6.45, 7) is 5.07. The second-order valence-corrected chi connectivity index (χ2v) is 10.1. The van der Waals surface area contributed by atoms with Crippen LogP contribution in [-0.2, 0) is 9.53 Å². The number of hydrogen-bond donors (Lipinski definition) is 0. The summed E-state index contributed by atoms with van der Waals surface area (Å²) in [5.74, 6) is 2.45. The van der Waals surface area contributed by atoms with E-state index in [4.69, 9.17) is 19.2 Å². The van der Waals surface area contributed by atoms with Crippen LogP contribution in [0, 0.1) is 0 Å². The van der Waals surface area contributed by atoms with E-state index >= 15 is 0 Å². The first kappa shape index (κ1) is 24.8. The number of hydrogen-bond acceptors (Lipinski definition) is 8. The fourth-order valence-electron chi connectivity index (χ4n) is 3.80. The Labute approximate surface area is 209 Å². The predicted molar refractivity (Wildman–Crippen MR) is 139 cm³/mol. The van der Waals surface area contributed by atoms with E-state index in [9.17, 15) is 4.79 Å². The standard InChI is InChI=1S/C25H31N3O4S2/c1-30-19-4-7-21(8-5-19)33-17-10-24(29)28(12-3-11-27-13-15-32-16-14-27)25-26-22-9-6-20(31-2)18-23(22)34-25/h4-9,18H,3,10-17H2,1-2H3. The smallest absolute Gasteiger partial charge is 0.229 e. The lowest BCUT2D eigenvalue weighted by molar-refractivity contribution is -0.118. The van der Waals surface area contributed by atoms with Crippen LogP contribution in [0.2, 0.25) is 0 Å². The van der Waals surface area contributed by atoms with Crippen LogP contribution in [0.15, 0.2) is 47.4 Å². The van der Waals surface area contributed by atoms with Gasteiger partial charge in [0.05, 0.1) is 37.6 Å². The van der Waals surface area contributed by atoms with Gasteiger partial charge in [0.1, 0.15) is 11.5 Å². The maximum Gasteiger partial charge on any atom is 0.229 e. The van der Waals surface area contributed by atoms with Crippen molar-refractivity contribution in [3.8, 4) is 11.5 Å². The molecule has 0 N–H and O–H groups in total. The third-order valence-electron chi connectivity index (χ3n) is 5.72. The minimum atomic E-state index is 0.106. The molecule has 0 unspecified atom stereocenters. The molecule has 0 aliphatic carbocycles. The van der Waals surface area contributed by atoms with E-state index in [0.717, 1.165) is 71.0 Å². The van der Waals surface area contributed by atoms with Gasteiger partial charge in [0.25, 0.3) is 0 Å². The molecule has 0 spiro atoms. The largest absolute Gasteiger partial charge is 0.497 e. The number of aromatic nitrogens is 1. The number of anilines is 1. The maximum atomic E-state index is 13.3. The van der Waals surface area contributed by atoms with Gasteiger partial charge in [0.15, 0.2) is 5.13 Å². The summed E-state index contributed by atoms with van der Waals surface area (Å²) in [7, 11) is 3.32. The van der Waals surface area contributed by atoms with Crippen molar-refractivity contribution in [3.63, 3.8) is 0 Å². The number of thiazole rings is 1. The summed E-state index contributed by atoms with van der Waals surface area (Å²) in [5.41, 5.74) is 0.888. The highest BCUT2D eigenvalue weighted by Gasteiger charge is 2.20. The summed E-state index contributed by atoms with van der Waals surface area (Å²) in [4.78, 5) is 23.5. The Hall–Kier alpha value is -2.33. The Kier molecular flexibility index (Phi) is 9.04. The molecule has 0 radical (unpaired) electrons. The molecule has 2 heterocycles. The highest BCUT2D eigenvalue weighted by molar-refractivity contribution is 7.99. The van der Waals surface area contributed by atoms with Gasteiger partial charge in [-0.1, -0.05) is 11.3 Å².